The molecule has 1 aromatic carbocycles. The number of nitrogens with two attached hydrogens (primary N) is 1. The van der Waals surface area contributed by atoms with E-state index in [-0.39, 0.29) is 11.6 Å². The number of rotatable bonds is 3. The summed E-state index contributed by atoms with van der Waals surface area (Å²) in [6, 6.07) is 6.51. The van der Waals surface area contributed by atoms with Crippen LogP contribution in [0.2, 0.25) is 0 Å². The Kier molecular flexibility index (Phi) is 4.32. The minimum atomic E-state index is -0.184. The van der Waals surface area contributed by atoms with Gasteiger partial charge in [-0.25, -0.2) is 0 Å². The molecule has 3 unspecified atom stereocenters. The lowest BCUT2D eigenvalue weighted by atomic mass is 9.72. The molecule has 19 heavy (non-hydrogen) atoms. The molecule has 1 aromatic rings. The van der Waals surface area contributed by atoms with Gasteiger partial charge in [0.15, 0.2) is 0 Å². The maximum atomic E-state index is 6.62. The van der Waals surface area contributed by atoms with Crippen LogP contribution >= 0.6 is 0 Å². The summed E-state index contributed by atoms with van der Waals surface area (Å²) in [6.45, 7) is 6.58. The molecule has 0 saturated heterocycles. The zero-order valence-electron chi connectivity index (χ0n) is 12.7. The van der Waals surface area contributed by atoms with Crippen molar-refractivity contribution in [2.45, 2.75) is 58.1 Å². The third-order valence-corrected chi connectivity index (χ3v) is 4.73. The first kappa shape index (κ1) is 14.5. The molecule has 0 amide bonds. The van der Waals surface area contributed by atoms with Gasteiger partial charge in [-0.05, 0) is 43.7 Å². The van der Waals surface area contributed by atoms with E-state index in [4.69, 9.17) is 10.5 Å². The highest BCUT2D eigenvalue weighted by molar-refractivity contribution is 5.34. The van der Waals surface area contributed by atoms with Gasteiger partial charge in [0.1, 0.15) is 0 Å². The van der Waals surface area contributed by atoms with Gasteiger partial charge in [-0.15, -0.1) is 0 Å². The monoisotopic (exact) mass is 261 g/mol. The summed E-state index contributed by atoms with van der Waals surface area (Å²) < 4.78 is 5.94. The summed E-state index contributed by atoms with van der Waals surface area (Å²) in [5.41, 5.74) is 10.2. The van der Waals surface area contributed by atoms with Crippen molar-refractivity contribution in [1.29, 1.82) is 0 Å². The Morgan fingerprint density at radius 2 is 2.11 bits per heavy atom. The Balaban J connectivity index is 2.34. The Morgan fingerprint density at radius 1 is 1.37 bits per heavy atom. The number of hydrogen-bond acceptors (Lipinski definition) is 2. The van der Waals surface area contributed by atoms with Crippen molar-refractivity contribution in [3.8, 4) is 0 Å². The van der Waals surface area contributed by atoms with Gasteiger partial charge in [-0.3, -0.25) is 0 Å². The first-order chi connectivity index (χ1) is 8.98. The van der Waals surface area contributed by atoms with Crippen molar-refractivity contribution in [2.24, 2.45) is 11.7 Å². The fourth-order valence-electron chi connectivity index (χ4n) is 3.52. The minimum absolute atomic E-state index is 0.0276. The highest BCUT2D eigenvalue weighted by Gasteiger charge is 2.41. The van der Waals surface area contributed by atoms with E-state index in [0.717, 1.165) is 12.8 Å². The molecule has 0 spiro atoms. The van der Waals surface area contributed by atoms with Gasteiger partial charge >= 0.3 is 0 Å². The van der Waals surface area contributed by atoms with E-state index in [1.165, 1.54) is 29.5 Å². The standard InChI is InChI=1S/C17H27NO/c1-12-7-8-14(3)15(10-12)16(18)17(19-4)9-5-6-13(2)11-17/h7-8,10,13,16H,5-6,9,11,18H2,1-4H3. The second kappa shape index (κ2) is 5.64. The molecule has 0 aromatic heterocycles. The Hall–Kier alpha value is -0.860. The molecule has 3 atom stereocenters. The van der Waals surface area contributed by atoms with Crippen LogP contribution in [0.3, 0.4) is 0 Å². The van der Waals surface area contributed by atoms with Crippen LogP contribution in [-0.2, 0) is 4.74 Å². The van der Waals surface area contributed by atoms with Crippen LogP contribution in [0.1, 0.15) is 55.3 Å². The lowest BCUT2D eigenvalue weighted by Gasteiger charge is -2.43. The summed E-state index contributed by atoms with van der Waals surface area (Å²) in [4.78, 5) is 0. The molecular formula is C17H27NO. The van der Waals surface area contributed by atoms with Crippen molar-refractivity contribution < 1.29 is 4.74 Å². The molecule has 1 aliphatic rings. The molecule has 0 radical (unpaired) electrons. The van der Waals surface area contributed by atoms with E-state index in [2.05, 4.69) is 39.0 Å². The fourth-order valence-corrected chi connectivity index (χ4v) is 3.52. The summed E-state index contributed by atoms with van der Waals surface area (Å²) in [5.74, 6) is 0.699. The second-order valence-electron chi connectivity index (χ2n) is 6.31. The van der Waals surface area contributed by atoms with Crippen molar-refractivity contribution in [3.05, 3.63) is 34.9 Å². The molecule has 2 nitrogen and oxygen atoms in total. The minimum Gasteiger partial charge on any atom is -0.376 e. The number of methoxy groups -OCH3 is 1. The molecule has 2 heteroatoms. The van der Waals surface area contributed by atoms with E-state index >= 15 is 0 Å². The maximum absolute atomic E-state index is 6.62. The van der Waals surface area contributed by atoms with E-state index in [1.807, 2.05) is 7.11 Å². The van der Waals surface area contributed by atoms with Crippen LogP contribution < -0.4 is 5.73 Å². The first-order valence-corrected chi connectivity index (χ1v) is 7.36. The summed E-state index contributed by atoms with van der Waals surface area (Å²) in [7, 11) is 1.82. The first-order valence-electron chi connectivity index (χ1n) is 7.36. The smallest absolute Gasteiger partial charge is 0.0873 e. The molecule has 0 bridgehead atoms. The SMILES string of the molecule is COC1(C(N)c2cc(C)ccc2C)CCCC(C)C1. The molecule has 2 rings (SSSR count). The molecule has 106 valence electrons. The van der Waals surface area contributed by atoms with Gasteiger partial charge in [0.2, 0.25) is 0 Å². The van der Waals surface area contributed by atoms with Crippen molar-refractivity contribution in [3.63, 3.8) is 0 Å². The average Bonchev–Trinajstić information content (AvgIpc) is 2.40. The van der Waals surface area contributed by atoms with Gasteiger partial charge in [-0.1, -0.05) is 43.5 Å². The van der Waals surface area contributed by atoms with E-state index in [0.29, 0.717) is 5.92 Å². The number of ether oxygens (including phenoxy) is 1. The van der Waals surface area contributed by atoms with Gasteiger partial charge in [0, 0.05) is 7.11 Å². The maximum Gasteiger partial charge on any atom is 0.0873 e. The highest BCUT2D eigenvalue weighted by Crippen LogP contribution is 2.42. The van der Waals surface area contributed by atoms with Gasteiger partial charge in [-0.2, -0.15) is 0 Å². The number of aryl methyl sites for hydroxylation is 2. The van der Waals surface area contributed by atoms with Crippen LogP contribution in [0, 0.1) is 19.8 Å². The zero-order valence-corrected chi connectivity index (χ0v) is 12.7. The van der Waals surface area contributed by atoms with E-state index in [9.17, 15) is 0 Å². The van der Waals surface area contributed by atoms with Gasteiger partial charge in [0.25, 0.3) is 0 Å². The zero-order chi connectivity index (χ0) is 14.0. The molecule has 0 aliphatic heterocycles. The molecule has 1 aliphatic carbocycles. The third-order valence-electron chi connectivity index (χ3n) is 4.73. The Morgan fingerprint density at radius 3 is 2.74 bits per heavy atom. The van der Waals surface area contributed by atoms with Gasteiger partial charge < -0.3 is 10.5 Å². The normalized spacial score (nSPS) is 29.2. The van der Waals surface area contributed by atoms with Crippen molar-refractivity contribution >= 4 is 0 Å². The molecule has 1 fully saturated rings. The molecule has 0 heterocycles. The van der Waals surface area contributed by atoms with Crippen LogP contribution in [0.15, 0.2) is 18.2 Å². The van der Waals surface area contributed by atoms with Crippen molar-refractivity contribution in [2.75, 3.05) is 7.11 Å². The van der Waals surface area contributed by atoms with Crippen LogP contribution in [-0.4, -0.2) is 12.7 Å². The number of hydrogen-bond donors (Lipinski definition) is 1. The lowest BCUT2D eigenvalue weighted by molar-refractivity contribution is -0.0719. The van der Waals surface area contributed by atoms with Crippen LogP contribution in [0.4, 0.5) is 0 Å². The predicted octanol–water partition coefficient (Wildman–Crippen LogP) is 3.90. The third kappa shape index (κ3) is 2.85. The summed E-state index contributed by atoms with van der Waals surface area (Å²) in [5, 5.41) is 0. The Labute approximate surface area is 117 Å². The van der Waals surface area contributed by atoms with Gasteiger partial charge in [0.05, 0.1) is 11.6 Å². The Bertz CT molecular complexity index is 443. The topological polar surface area (TPSA) is 35.2 Å². The van der Waals surface area contributed by atoms with Crippen LogP contribution in [0.5, 0.6) is 0 Å². The average molecular weight is 261 g/mol. The van der Waals surface area contributed by atoms with E-state index in [1.54, 1.807) is 0 Å². The fraction of sp³-hybridized carbons (Fsp3) is 0.647. The number of benzene rings is 1. The largest absolute Gasteiger partial charge is 0.376 e. The second-order valence-corrected chi connectivity index (χ2v) is 6.31. The van der Waals surface area contributed by atoms with E-state index < -0.39 is 0 Å². The summed E-state index contributed by atoms with van der Waals surface area (Å²) >= 11 is 0. The lowest BCUT2D eigenvalue weighted by Crippen LogP contribution is -2.46. The van der Waals surface area contributed by atoms with Crippen LogP contribution in [0.25, 0.3) is 0 Å². The summed E-state index contributed by atoms with van der Waals surface area (Å²) in [6.07, 6.45) is 4.65. The molecular weight excluding hydrogens is 234 g/mol. The quantitative estimate of drug-likeness (QED) is 0.895. The molecule has 2 N–H and O–H groups in total. The highest BCUT2D eigenvalue weighted by atomic mass is 16.5. The predicted molar refractivity (Wildman–Crippen MR) is 80.2 cm³/mol. The molecule has 1 saturated carbocycles. The van der Waals surface area contributed by atoms with Crippen molar-refractivity contribution in [1.82, 2.24) is 0 Å².